The summed E-state index contributed by atoms with van der Waals surface area (Å²) in [6, 6.07) is 6.10. The summed E-state index contributed by atoms with van der Waals surface area (Å²) < 4.78 is 20.3. The topological polar surface area (TPSA) is 83.5 Å². The van der Waals surface area contributed by atoms with Crippen LogP contribution >= 0.6 is 11.6 Å². The second kappa shape index (κ2) is 10.6. The van der Waals surface area contributed by atoms with Crippen molar-refractivity contribution in [2.24, 2.45) is 5.41 Å². The summed E-state index contributed by atoms with van der Waals surface area (Å²) in [7, 11) is 0. The molecule has 1 amide bonds. The van der Waals surface area contributed by atoms with Gasteiger partial charge in [0.25, 0.3) is 0 Å². The zero-order valence-electron chi connectivity index (χ0n) is 21.5. The van der Waals surface area contributed by atoms with Crippen LogP contribution in [0.15, 0.2) is 30.5 Å². The number of pyridine rings is 1. The molecule has 4 rings (SSSR count). The van der Waals surface area contributed by atoms with Crippen LogP contribution in [0.3, 0.4) is 0 Å². The number of rotatable bonds is 8. The minimum Gasteiger partial charge on any atom is -0.471 e. The zero-order chi connectivity index (χ0) is 26.1. The predicted molar refractivity (Wildman–Crippen MR) is 139 cm³/mol. The molecule has 3 N–H and O–H groups in total. The Balaban J connectivity index is 1.50. The number of carbonyl (C=O) groups is 1. The van der Waals surface area contributed by atoms with Gasteiger partial charge in [-0.25, -0.2) is 9.37 Å². The summed E-state index contributed by atoms with van der Waals surface area (Å²) in [5, 5.41) is 17.5. The maximum Gasteiger partial charge on any atom is 0.218 e. The lowest BCUT2D eigenvalue weighted by atomic mass is 9.73. The van der Waals surface area contributed by atoms with Crippen LogP contribution in [0.25, 0.3) is 0 Å². The minimum atomic E-state index is -0.887. The molecule has 2 heterocycles. The molecular formula is C28H37ClFN3O3. The van der Waals surface area contributed by atoms with Gasteiger partial charge in [0.1, 0.15) is 11.4 Å². The number of hydrogen-bond donors (Lipinski definition) is 3. The van der Waals surface area contributed by atoms with Crippen molar-refractivity contribution >= 4 is 17.5 Å². The van der Waals surface area contributed by atoms with Gasteiger partial charge in [-0.2, -0.15) is 0 Å². The SMILES string of the molecule is CC(=O)N[C@@H](Cc1ccc(Cl)c(F)c1)[C@H](O)CN[C@H]1CC2(CCC2)Oc2ncc(CC(C)(C)C)cc21. The number of nitrogens with one attached hydrogen (secondary N) is 2. The molecule has 196 valence electrons. The molecule has 1 aromatic heterocycles. The minimum absolute atomic E-state index is 0.0259. The number of nitrogens with zero attached hydrogens (tertiary/aromatic N) is 1. The third-order valence-corrected chi connectivity index (χ3v) is 7.37. The molecule has 0 unspecified atom stereocenters. The van der Waals surface area contributed by atoms with Gasteiger partial charge in [-0.15, -0.1) is 0 Å². The summed E-state index contributed by atoms with van der Waals surface area (Å²) in [4.78, 5) is 16.5. The van der Waals surface area contributed by atoms with Gasteiger partial charge in [0, 0.05) is 37.7 Å². The number of aliphatic hydroxyl groups is 1. The van der Waals surface area contributed by atoms with Gasteiger partial charge in [-0.05, 0) is 66.8 Å². The van der Waals surface area contributed by atoms with Crippen molar-refractivity contribution in [1.29, 1.82) is 0 Å². The molecule has 1 fully saturated rings. The number of halogens is 2. The summed E-state index contributed by atoms with van der Waals surface area (Å²) in [6.07, 6.45) is 6.13. The lowest BCUT2D eigenvalue weighted by molar-refractivity contribution is -0.120. The number of ether oxygens (including phenoxy) is 1. The molecule has 0 saturated heterocycles. The average Bonchev–Trinajstić information content (AvgIpc) is 2.76. The molecule has 6 nitrogen and oxygen atoms in total. The highest BCUT2D eigenvalue weighted by Crippen LogP contribution is 2.48. The fraction of sp³-hybridized carbons (Fsp3) is 0.571. The first kappa shape index (κ1) is 26.8. The molecule has 1 aliphatic carbocycles. The van der Waals surface area contributed by atoms with Crippen molar-refractivity contribution < 1.29 is 19.0 Å². The van der Waals surface area contributed by atoms with Gasteiger partial charge in [-0.3, -0.25) is 4.79 Å². The average molecular weight is 518 g/mol. The van der Waals surface area contributed by atoms with E-state index in [1.807, 2.05) is 6.20 Å². The fourth-order valence-electron chi connectivity index (χ4n) is 5.22. The van der Waals surface area contributed by atoms with Crippen molar-refractivity contribution in [1.82, 2.24) is 15.6 Å². The van der Waals surface area contributed by atoms with Crippen LogP contribution in [0.5, 0.6) is 5.88 Å². The van der Waals surface area contributed by atoms with E-state index in [9.17, 15) is 14.3 Å². The van der Waals surface area contributed by atoms with E-state index in [0.717, 1.165) is 43.2 Å². The molecule has 1 aromatic carbocycles. The quantitative estimate of drug-likeness (QED) is 0.463. The smallest absolute Gasteiger partial charge is 0.218 e. The summed E-state index contributed by atoms with van der Waals surface area (Å²) >= 11 is 5.81. The largest absolute Gasteiger partial charge is 0.471 e. The molecule has 3 atom stereocenters. The summed E-state index contributed by atoms with van der Waals surface area (Å²) in [5.41, 5.74) is 2.74. The van der Waals surface area contributed by atoms with Crippen LogP contribution in [0.4, 0.5) is 4.39 Å². The normalized spacial score (nSPS) is 20.1. The number of amides is 1. The molecule has 0 radical (unpaired) electrons. The predicted octanol–water partition coefficient (Wildman–Crippen LogP) is 4.91. The van der Waals surface area contributed by atoms with Gasteiger partial charge >= 0.3 is 0 Å². The van der Waals surface area contributed by atoms with E-state index < -0.39 is 18.0 Å². The van der Waals surface area contributed by atoms with Crippen LogP contribution in [0.2, 0.25) is 5.02 Å². The molecule has 1 aliphatic heterocycles. The van der Waals surface area contributed by atoms with E-state index in [-0.39, 0.29) is 41.0 Å². The lowest BCUT2D eigenvalue weighted by Crippen LogP contribution is -2.52. The second-order valence-corrected chi connectivity index (χ2v) is 12.0. The Kier molecular flexibility index (Phi) is 7.93. The third-order valence-electron chi connectivity index (χ3n) is 7.07. The van der Waals surface area contributed by atoms with Crippen LogP contribution in [0.1, 0.15) is 76.1 Å². The molecular weight excluding hydrogens is 481 g/mol. The maximum atomic E-state index is 14.0. The van der Waals surface area contributed by atoms with Gasteiger partial charge < -0.3 is 20.5 Å². The first-order chi connectivity index (χ1) is 16.9. The van der Waals surface area contributed by atoms with Gasteiger partial charge in [0.15, 0.2) is 0 Å². The molecule has 2 aliphatic rings. The second-order valence-electron chi connectivity index (χ2n) is 11.6. The molecule has 2 aromatic rings. The number of hydrogen-bond acceptors (Lipinski definition) is 5. The Morgan fingerprint density at radius 2 is 2.06 bits per heavy atom. The highest BCUT2D eigenvalue weighted by atomic mass is 35.5. The number of carbonyl (C=O) groups excluding carboxylic acids is 1. The molecule has 0 bridgehead atoms. The molecule has 1 saturated carbocycles. The van der Waals surface area contributed by atoms with E-state index in [0.29, 0.717) is 11.4 Å². The number of aliphatic hydroxyl groups excluding tert-OH is 1. The standard InChI is InChI=1S/C28H37ClFN3O3/c1-17(34)33-23(12-18-6-7-21(29)22(30)11-18)25(35)16-31-24-14-28(8-5-9-28)36-26-20(24)10-19(15-32-26)13-27(2,3)4/h6-7,10-11,15,23-25,31,35H,5,8-9,12-14,16H2,1-4H3,(H,33,34)/t23-,24-,25+/m0/s1. The monoisotopic (exact) mass is 517 g/mol. The van der Waals surface area contributed by atoms with Crippen LogP contribution in [0, 0.1) is 11.2 Å². The Labute approximate surface area is 218 Å². The highest BCUT2D eigenvalue weighted by Gasteiger charge is 2.46. The van der Waals surface area contributed by atoms with Crippen molar-refractivity contribution in [2.45, 2.75) is 90.0 Å². The Hall–Kier alpha value is -2.22. The van der Waals surface area contributed by atoms with Crippen molar-refractivity contribution in [2.75, 3.05) is 6.54 Å². The van der Waals surface area contributed by atoms with Crippen LogP contribution in [-0.2, 0) is 17.6 Å². The van der Waals surface area contributed by atoms with Crippen molar-refractivity contribution in [3.63, 3.8) is 0 Å². The van der Waals surface area contributed by atoms with Crippen LogP contribution in [-0.4, -0.2) is 40.3 Å². The van der Waals surface area contributed by atoms with Crippen molar-refractivity contribution in [3.05, 3.63) is 58.0 Å². The van der Waals surface area contributed by atoms with E-state index in [4.69, 9.17) is 16.3 Å². The Morgan fingerprint density at radius 3 is 2.67 bits per heavy atom. The van der Waals surface area contributed by atoms with Gasteiger partial charge in [-0.1, -0.05) is 38.4 Å². The number of fused-ring (bicyclic) bond motifs is 1. The summed E-state index contributed by atoms with van der Waals surface area (Å²) in [6.45, 7) is 8.27. The Morgan fingerprint density at radius 1 is 1.31 bits per heavy atom. The zero-order valence-corrected chi connectivity index (χ0v) is 22.3. The molecule has 36 heavy (non-hydrogen) atoms. The van der Waals surface area contributed by atoms with E-state index in [2.05, 4.69) is 42.5 Å². The lowest BCUT2D eigenvalue weighted by Gasteiger charge is -2.47. The molecule has 1 spiro atoms. The van der Waals surface area contributed by atoms with E-state index in [1.165, 1.54) is 19.1 Å². The first-order valence-electron chi connectivity index (χ1n) is 12.7. The maximum absolute atomic E-state index is 14.0. The van der Waals surface area contributed by atoms with E-state index >= 15 is 0 Å². The summed E-state index contributed by atoms with van der Waals surface area (Å²) in [5.74, 6) is -0.110. The number of benzene rings is 1. The van der Waals surface area contributed by atoms with Crippen molar-refractivity contribution in [3.8, 4) is 5.88 Å². The first-order valence-corrected chi connectivity index (χ1v) is 13.1. The fourth-order valence-corrected chi connectivity index (χ4v) is 5.33. The molecule has 8 heteroatoms. The Bertz CT molecular complexity index is 1100. The van der Waals surface area contributed by atoms with Gasteiger partial charge in [0.2, 0.25) is 11.8 Å². The van der Waals surface area contributed by atoms with Gasteiger partial charge in [0.05, 0.1) is 17.2 Å². The third kappa shape index (κ3) is 6.55. The van der Waals surface area contributed by atoms with E-state index in [1.54, 1.807) is 6.07 Å². The number of aromatic nitrogens is 1. The highest BCUT2D eigenvalue weighted by molar-refractivity contribution is 6.30. The van der Waals surface area contributed by atoms with Crippen LogP contribution < -0.4 is 15.4 Å².